The molecule has 2 amide bonds. The van der Waals surface area contributed by atoms with Crippen LogP contribution >= 0.6 is 23.4 Å². The molecule has 1 aliphatic rings. The van der Waals surface area contributed by atoms with Crippen LogP contribution in [0.4, 0.5) is 10.5 Å². The smallest absolute Gasteiger partial charge is 0.321 e. The van der Waals surface area contributed by atoms with Gasteiger partial charge in [-0.2, -0.15) is 11.8 Å². The molecular formula is C13H17ClN2O2S. The Hall–Kier alpha value is -1.07. The van der Waals surface area contributed by atoms with Crippen molar-refractivity contribution in [1.82, 2.24) is 4.90 Å². The molecule has 0 radical (unpaired) electrons. The molecule has 0 unspecified atom stereocenters. The number of carbonyl (C=O) groups excluding carboxylic acids is 1. The van der Waals surface area contributed by atoms with E-state index < -0.39 is 0 Å². The molecule has 0 spiro atoms. The Morgan fingerprint density at radius 3 is 3.00 bits per heavy atom. The zero-order valence-electron chi connectivity index (χ0n) is 11.0. The van der Waals surface area contributed by atoms with Gasteiger partial charge in [-0.05, 0) is 24.3 Å². The number of hydrogen-bond donors (Lipinski definition) is 1. The van der Waals surface area contributed by atoms with Crippen LogP contribution in [0.25, 0.3) is 0 Å². The number of hydrogen-bond acceptors (Lipinski definition) is 3. The van der Waals surface area contributed by atoms with Crippen molar-refractivity contribution >= 4 is 35.1 Å². The summed E-state index contributed by atoms with van der Waals surface area (Å²) >= 11 is 7.83. The molecule has 0 aromatic heterocycles. The van der Waals surface area contributed by atoms with E-state index in [0.29, 0.717) is 22.5 Å². The van der Waals surface area contributed by atoms with Gasteiger partial charge in [-0.3, -0.25) is 0 Å². The van der Waals surface area contributed by atoms with Gasteiger partial charge in [-0.15, -0.1) is 0 Å². The van der Waals surface area contributed by atoms with Crippen molar-refractivity contribution in [3.63, 3.8) is 0 Å². The van der Waals surface area contributed by atoms with Gasteiger partial charge in [0.1, 0.15) is 5.75 Å². The van der Waals surface area contributed by atoms with Gasteiger partial charge < -0.3 is 15.0 Å². The summed E-state index contributed by atoms with van der Waals surface area (Å²) in [6.07, 6.45) is 1.05. The standard InChI is InChI=1S/C13H17ClN2O2S/c1-16(10-5-6-19-8-10)13(17)15-9-3-4-11(14)12(7-9)18-2/h3-4,7,10H,5-6,8H2,1-2H3,(H,15,17)/t10-/m1/s1. The number of urea groups is 1. The fourth-order valence-corrected chi connectivity index (χ4v) is 3.41. The number of anilines is 1. The number of ether oxygens (including phenoxy) is 1. The summed E-state index contributed by atoms with van der Waals surface area (Å²) < 4.78 is 5.13. The minimum atomic E-state index is -0.100. The zero-order valence-corrected chi connectivity index (χ0v) is 12.6. The van der Waals surface area contributed by atoms with Crippen LogP contribution < -0.4 is 10.1 Å². The fourth-order valence-electron chi connectivity index (χ4n) is 1.94. The molecule has 4 nitrogen and oxygen atoms in total. The van der Waals surface area contributed by atoms with E-state index in [1.54, 1.807) is 30.2 Å². The number of nitrogens with one attached hydrogen (secondary N) is 1. The second-order valence-electron chi connectivity index (χ2n) is 4.41. The molecule has 1 heterocycles. The second-order valence-corrected chi connectivity index (χ2v) is 5.96. The molecule has 1 aromatic carbocycles. The van der Waals surface area contributed by atoms with E-state index in [9.17, 15) is 4.79 Å². The Balaban J connectivity index is 2.01. The van der Waals surface area contributed by atoms with Gasteiger partial charge in [-0.1, -0.05) is 11.6 Å². The zero-order chi connectivity index (χ0) is 13.8. The first-order valence-electron chi connectivity index (χ1n) is 6.07. The van der Waals surface area contributed by atoms with E-state index in [1.165, 1.54) is 0 Å². The quantitative estimate of drug-likeness (QED) is 0.931. The van der Waals surface area contributed by atoms with Crippen LogP contribution in [0.1, 0.15) is 6.42 Å². The van der Waals surface area contributed by atoms with Crippen LogP contribution in [0.15, 0.2) is 18.2 Å². The van der Waals surface area contributed by atoms with Crippen molar-refractivity contribution in [2.24, 2.45) is 0 Å². The molecule has 1 aliphatic heterocycles. The van der Waals surface area contributed by atoms with Crippen molar-refractivity contribution < 1.29 is 9.53 Å². The number of methoxy groups -OCH3 is 1. The van der Waals surface area contributed by atoms with Gasteiger partial charge in [0.05, 0.1) is 12.1 Å². The lowest BCUT2D eigenvalue weighted by atomic mass is 10.2. The fraction of sp³-hybridized carbons (Fsp3) is 0.462. The van der Waals surface area contributed by atoms with Gasteiger partial charge in [0.25, 0.3) is 0 Å². The Morgan fingerprint density at radius 2 is 2.37 bits per heavy atom. The average molecular weight is 301 g/mol. The molecule has 1 atom stereocenters. The van der Waals surface area contributed by atoms with Crippen LogP contribution in [-0.4, -0.2) is 42.6 Å². The Labute approximate surface area is 122 Å². The average Bonchev–Trinajstić information content (AvgIpc) is 2.94. The molecule has 2 rings (SSSR count). The van der Waals surface area contributed by atoms with Crippen LogP contribution in [0.2, 0.25) is 5.02 Å². The highest BCUT2D eigenvalue weighted by Gasteiger charge is 2.23. The summed E-state index contributed by atoms with van der Waals surface area (Å²) in [6, 6.07) is 5.41. The van der Waals surface area contributed by atoms with Crippen molar-refractivity contribution in [2.75, 3.05) is 31.0 Å². The monoisotopic (exact) mass is 300 g/mol. The van der Waals surface area contributed by atoms with Crippen molar-refractivity contribution in [2.45, 2.75) is 12.5 Å². The number of carbonyl (C=O) groups is 1. The summed E-state index contributed by atoms with van der Waals surface area (Å²) in [4.78, 5) is 13.9. The number of rotatable bonds is 3. The van der Waals surface area contributed by atoms with Gasteiger partial charge in [-0.25, -0.2) is 4.79 Å². The van der Waals surface area contributed by atoms with Crippen LogP contribution in [0, 0.1) is 0 Å². The Morgan fingerprint density at radius 1 is 1.58 bits per heavy atom. The molecule has 104 valence electrons. The van der Waals surface area contributed by atoms with Crippen molar-refractivity contribution in [3.8, 4) is 5.75 Å². The maximum atomic E-state index is 12.1. The number of halogens is 1. The first-order valence-corrected chi connectivity index (χ1v) is 7.60. The molecule has 1 aromatic rings. The number of nitrogens with zero attached hydrogens (tertiary/aromatic N) is 1. The van der Waals surface area contributed by atoms with E-state index >= 15 is 0 Å². The predicted octanol–water partition coefficient (Wildman–Crippen LogP) is 3.32. The van der Waals surface area contributed by atoms with Gasteiger partial charge in [0.15, 0.2) is 0 Å². The van der Waals surface area contributed by atoms with Crippen LogP contribution in [0.5, 0.6) is 5.75 Å². The predicted molar refractivity (Wildman–Crippen MR) is 80.5 cm³/mol. The highest BCUT2D eigenvalue weighted by atomic mass is 35.5. The lowest BCUT2D eigenvalue weighted by Gasteiger charge is -2.24. The highest BCUT2D eigenvalue weighted by Crippen LogP contribution is 2.28. The third-order valence-corrected chi connectivity index (χ3v) is 4.63. The maximum Gasteiger partial charge on any atom is 0.321 e. The Kier molecular flexibility index (Phi) is 4.82. The molecule has 0 bridgehead atoms. The molecule has 19 heavy (non-hydrogen) atoms. The minimum absolute atomic E-state index is 0.100. The third-order valence-electron chi connectivity index (χ3n) is 3.18. The normalized spacial score (nSPS) is 18.2. The molecule has 1 N–H and O–H groups in total. The first-order chi connectivity index (χ1) is 9.11. The van der Waals surface area contributed by atoms with Crippen LogP contribution in [-0.2, 0) is 0 Å². The molecule has 1 saturated heterocycles. The summed E-state index contributed by atoms with van der Waals surface area (Å²) in [7, 11) is 3.38. The Bertz CT molecular complexity index is 464. The summed E-state index contributed by atoms with van der Waals surface area (Å²) in [5.41, 5.74) is 0.684. The lowest BCUT2D eigenvalue weighted by Crippen LogP contribution is -2.39. The molecule has 0 aliphatic carbocycles. The number of thioether (sulfide) groups is 1. The van der Waals surface area contributed by atoms with Crippen LogP contribution in [0.3, 0.4) is 0 Å². The van der Waals surface area contributed by atoms with E-state index in [-0.39, 0.29) is 6.03 Å². The largest absolute Gasteiger partial charge is 0.495 e. The number of amides is 2. The van der Waals surface area contributed by atoms with Gasteiger partial charge in [0.2, 0.25) is 0 Å². The second kappa shape index (κ2) is 6.39. The maximum absolute atomic E-state index is 12.1. The van der Waals surface area contributed by atoms with Crippen molar-refractivity contribution in [3.05, 3.63) is 23.2 Å². The van der Waals surface area contributed by atoms with Gasteiger partial charge >= 0.3 is 6.03 Å². The topological polar surface area (TPSA) is 41.6 Å². The van der Waals surface area contributed by atoms with E-state index in [0.717, 1.165) is 17.9 Å². The molecule has 6 heteroatoms. The SMILES string of the molecule is COc1cc(NC(=O)N(C)[C@@H]2CCSC2)ccc1Cl. The molecule has 0 saturated carbocycles. The minimum Gasteiger partial charge on any atom is -0.495 e. The molecular weight excluding hydrogens is 284 g/mol. The third kappa shape index (κ3) is 3.48. The summed E-state index contributed by atoms with van der Waals surface area (Å²) in [5, 5.41) is 3.39. The van der Waals surface area contributed by atoms with E-state index in [4.69, 9.17) is 16.3 Å². The van der Waals surface area contributed by atoms with E-state index in [1.807, 2.05) is 18.8 Å². The summed E-state index contributed by atoms with van der Waals surface area (Å²) in [6.45, 7) is 0. The first kappa shape index (κ1) is 14.3. The van der Waals surface area contributed by atoms with Gasteiger partial charge in [0, 0.05) is 30.6 Å². The number of benzene rings is 1. The summed E-state index contributed by atoms with van der Waals surface area (Å²) in [5.74, 6) is 2.68. The van der Waals surface area contributed by atoms with Crippen molar-refractivity contribution in [1.29, 1.82) is 0 Å². The van der Waals surface area contributed by atoms with E-state index in [2.05, 4.69) is 5.32 Å². The molecule has 1 fully saturated rings. The lowest BCUT2D eigenvalue weighted by molar-refractivity contribution is 0.209. The highest BCUT2D eigenvalue weighted by molar-refractivity contribution is 7.99.